The molecular formula is C21H23FN2O4. The quantitative estimate of drug-likeness (QED) is 0.717. The van der Waals surface area contributed by atoms with Crippen LogP contribution in [0.1, 0.15) is 29.8 Å². The molecule has 0 heterocycles. The molecule has 6 nitrogen and oxygen atoms in total. The number of nitrogens with one attached hydrogen (secondary N) is 2. The molecule has 0 unspecified atom stereocenters. The maximum Gasteiger partial charge on any atom is 0.329 e. The summed E-state index contributed by atoms with van der Waals surface area (Å²) < 4.78 is 18.0. The first-order valence-electron chi connectivity index (χ1n) is 8.86. The summed E-state index contributed by atoms with van der Waals surface area (Å²) in [5, 5.41) is 5.20. The number of amides is 2. The Hall–Kier alpha value is -3.22. The van der Waals surface area contributed by atoms with Gasteiger partial charge in [-0.1, -0.05) is 26.0 Å². The van der Waals surface area contributed by atoms with Crippen LogP contribution in [-0.4, -0.2) is 30.4 Å². The van der Waals surface area contributed by atoms with Crippen LogP contribution in [-0.2, 0) is 14.3 Å². The van der Waals surface area contributed by atoms with Gasteiger partial charge in [0.2, 0.25) is 0 Å². The monoisotopic (exact) mass is 386 g/mol. The van der Waals surface area contributed by atoms with Crippen molar-refractivity contribution in [3.8, 4) is 0 Å². The van der Waals surface area contributed by atoms with Gasteiger partial charge in [-0.25, -0.2) is 9.18 Å². The van der Waals surface area contributed by atoms with Crippen molar-refractivity contribution < 1.29 is 23.5 Å². The predicted molar refractivity (Wildman–Crippen MR) is 103 cm³/mol. The van der Waals surface area contributed by atoms with E-state index in [0.717, 1.165) is 17.7 Å². The lowest BCUT2D eigenvalue weighted by Gasteiger charge is -2.20. The molecule has 2 aromatic carbocycles. The van der Waals surface area contributed by atoms with Crippen LogP contribution in [0.25, 0.3) is 0 Å². The Kier molecular flexibility index (Phi) is 7.26. The number of rotatable bonds is 7. The number of benzene rings is 2. The Morgan fingerprint density at radius 1 is 1.07 bits per heavy atom. The summed E-state index contributed by atoms with van der Waals surface area (Å²) in [6.45, 7) is 4.91. The van der Waals surface area contributed by atoms with Crippen molar-refractivity contribution in [1.82, 2.24) is 5.32 Å². The van der Waals surface area contributed by atoms with E-state index in [1.54, 1.807) is 32.0 Å². The topological polar surface area (TPSA) is 84.5 Å². The van der Waals surface area contributed by atoms with Crippen molar-refractivity contribution >= 4 is 23.5 Å². The Bertz CT molecular complexity index is 850. The molecule has 0 aromatic heterocycles. The molecule has 0 aliphatic heterocycles. The van der Waals surface area contributed by atoms with Gasteiger partial charge in [0.1, 0.15) is 11.9 Å². The van der Waals surface area contributed by atoms with Gasteiger partial charge in [0, 0.05) is 11.3 Å². The fraction of sp³-hybridized carbons (Fsp3) is 0.286. The summed E-state index contributed by atoms with van der Waals surface area (Å²) in [4.78, 5) is 36.6. The predicted octanol–water partition coefficient (Wildman–Crippen LogP) is 3.07. The molecule has 0 aliphatic rings. The summed E-state index contributed by atoms with van der Waals surface area (Å²) in [7, 11) is 0. The SMILES string of the molecule is Cc1cccc(NC(=O)COC(=O)[C@@H](NC(=O)c2ccc(F)cc2)C(C)C)c1. The number of aryl methyl sites for hydroxylation is 1. The van der Waals surface area contributed by atoms with Gasteiger partial charge in [-0.2, -0.15) is 0 Å². The first-order chi connectivity index (χ1) is 13.3. The normalized spacial score (nSPS) is 11.6. The van der Waals surface area contributed by atoms with E-state index >= 15 is 0 Å². The second-order valence-corrected chi connectivity index (χ2v) is 6.73. The number of anilines is 1. The van der Waals surface area contributed by atoms with Gasteiger partial charge in [-0.3, -0.25) is 9.59 Å². The summed E-state index contributed by atoms with van der Waals surface area (Å²) in [6, 6.07) is 11.2. The number of carbonyl (C=O) groups is 3. The van der Waals surface area contributed by atoms with E-state index in [4.69, 9.17) is 4.74 Å². The van der Waals surface area contributed by atoms with Crippen LogP contribution >= 0.6 is 0 Å². The Balaban J connectivity index is 1.92. The third kappa shape index (κ3) is 6.19. The van der Waals surface area contributed by atoms with Gasteiger partial charge in [0.15, 0.2) is 6.61 Å². The van der Waals surface area contributed by atoms with E-state index in [1.165, 1.54) is 12.1 Å². The van der Waals surface area contributed by atoms with Gasteiger partial charge < -0.3 is 15.4 Å². The molecule has 2 rings (SSSR count). The molecule has 0 saturated heterocycles. The first kappa shape index (κ1) is 21.1. The summed E-state index contributed by atoms with van der Waals surface area (Å²) in [6.07, 6.45) is 0. The smallest absolute Gasteiger partial charge is 0.329 e. The molecule has 0 bridgehead atoms. The maximum atomic E-state index is 13.0. The molecule has 148 valence electrons. The highest BCUT2D eigenvalue weighted by Crippen LogP contribution is 2.10. The van der Waals surface area contributed by atoms with E-state index in [2.05, 4.69) is 10.6 Å². The lowest BCUT2D eigenvalue weighted by Crippen LogP contribution is -2.45. The highest BCUT2D eigenvalue weighted by atomic mass is 19.1. The zero-order valence-corrected chi connectivity index (χ0v) is 16.0. The molecule has 0 aliphatic carbocycles. The lowest BCUT2D eigenvalue weighted by molar-refractivity contribution is -0.150. The highest BCUT2D eigenvalue weighted by molar-refractivity contribution is 5.97. The largest absolute Gasteiger partial charge is 0.454 e. The van der Waals surface area contributed by atoms with Crippen molar-refractivity contribution in [1.29, 1.82) is 0 Å². The van der Waals surface area contributed by atoms with Crippen molar-refractivity contribution in [2.24, 2.45) is 5.92 Å². The summed E-state index contributed by atoms with van der Waals surface area (Å²) in [5.41, 5.74) is 1.81. The fourth-order valence-corrected chi connectivity index (χ4v) is 2.47. The Morgan fingerprint density at radius 3 is 2.36 bits per heavy atom. The van der Waals surface area contributed by atoms with Crippen LogP contribution in [0.4, 0.5) is 10.1 Å². The van der Waals surface area contributed by atoms with Gasteiger partial charge in [0.25, 0.3) is 11.8 Å². The average molecular weight is 386 g/mol. The van der Waals surface area contributed by atoms with Crippen LogP contribution in [0, 0.1) is 18.7 Å². The van der Waals surface area contributed by atoms with E-state index in [9.17, 15) is 18.8 Å². The number of ether oxygens (including phenoxy) is 1. The molecular weight excluding hydrogens is 363 g/mol. The van der Waals surface area contributed by atoms with Gasteiger partial charge >= 0.3 is 5.97 Å². The maximum absolute atomic E-state index is 13.0. The minimum Gasteiger partial charge on any atom is -0.454 e. The molecule has 0 spiro atoms. The lowest BCUT2D eigenvalue weighted by atomic mass is 10.0. The van der Waals surface area contributed by atoms with Crippen molar-refractivity contribution in [2.75, 3.05) is 11.9 Å². The van der Waals surface area contributed by atoms with Gasteiger partial charge in [0.05, 0.1) is 0 Å². The zero-order chi connectivity index (χ0) is 20.7. The molecule has 0 saturated carbocycles. The number of halogens is 1. The van der Waals surface area contributed by atoms with E-state index < -0.39 is 36.2 Å². The summed E-state index contributed by atoms with van der Waals surface area (Å²) in [5.74, 6) is -2.45. The molecule has 2 amide bonds. The number of esters is 1. The third-order valence-electron chi connectivity index (χ3n) is 3.96. The minimum absolute atomic E-state index is 0.219. The number of hydrogen-bond acceptors (Lipinski definition) is 4. The molecule has 7 heteroatoms. The number of carbonyl (C=O) groups excluding carboxylic acids is 3. The third-order valence-corrected chi connectivity index (χ3v) is 3.96. The van der Waals surface area contributed by atoms with Crippen molar-refractivity contribution in [2.45, 2.75) is 26.8 Å². The second kappa shape index (κ2) is 9.64. The van der Waals surface area contributed by atoms with E-state index in [1.807, 2.05) is 13.0 Å². The van der Waals surface area contributed by atoms with Crippen molar-refractivity contribution in [3.05, 3.63) is 65.5 Å². The van der Waals surface area contributed by atoms with Crippen LogP contribution in [0.3, 0.4) is 0 Å². The zero-order valence-electron chi connectivity index (χ0n) is 16.0. The highest BCUT2D eigenvalue weighted by Gasteiger charge is 2.26. The average Bonchev–Trinajstić information content (AvgIpc) is 2.64. The second-order valence-electron chi connectivity index (χ2n) is 6.73. The van der Waals surface area contributed by atoms with Crippen LogP contribution in [0.5, 0.6) is 0 Å². The molecule has 28 heavy (non-hydrogen) atoms. The molecule has 1 atom stereocenters. The molecule has 0 radical (unpaired) electrons. The van der Waals surface area contributed by atoms with Crippen LogP contribution < -0.4 is 10.6 Å². The first-order valence-corrected chi connectivity index (χ1v) is 8.86. The Morgan fingerprint density at radius 2 is 1.75 bits per heavy atom. The van der Waals surface area contributed by atoms with Gasteiger partial charge in [-0.15, -0.1) is 0 Å². The minimum atomic E-state index is -0.940. The fourth-order valence-electron chi connectivity index (χ4n) is 2.47. The molecule has 0 fully saturated rings. The standard InChI is InChI=1S/C21H23FN2O4/c1-13(2)19(24-20(26)15-7-9-16(22)10-8-15)21(27)28-12-18(25)23-17-6-4-5-14(3)11-17/h4-11,13,19H,12H2,1-3H3,(H,23,25)(H,24,26)/t19-/m0/s1. The van der Waals surface area contributed by atoms with E-state index in [-0.39, 0.29) is 11.5 Å². The van der Waals surface area contributed by atoms with Crippen molar-refractivity contribution in [3.63, 3.8) is 0 Å². The summed E-state index contributed by atoms with van der Waals surface area (Å²) >= 11 is 0. The molecule has 2 aromatic rings. The van der Waals surface area contributed by atoms with Gasteiger partial charge in [-0.05, 0) is 54.8 Å². The number of hydrogen-bond donors (Lipinski definition) is 2. The van der Waals surface area contributed by atoms with Crippen LogP contribution in [0.2, 0.25) is 0 Å². The Labute approximate surface area is 163 Å². The van der Waals surface area contributed by atoms with E-state index in [0.29, 0.717) is 5.69 Å². The molecule has 2 N–H and O–H groups in total. The van der Waals surface area contributed by atoms with Crippen LogP contribution in [0.15, 0.2) is 48.5 Å².